The molecule has 0 N–H and O–H groups in total. The molecule has 1 heterocycles. The summed E-state index contributed by atoms with van der Waals surface area (Å²) in [6.45, 7) is 5.33. The first kappa shape index (κ1) is 76.9. The number of thioether (sulfide) groups is 3. The molecule has 0 amide bonds. The molecule has 1 aromatic heterocycles. The highest BCUT2D eigenvalue weighted by molar-refractivity contribution is 7.99. The third-order valence-electron chi connectivity index (χ3n) is 15.4. The van der Waals surface area contributed by atoms with Gasteiger partial charge in [0.05, 0.1) is 38.9 Å². The molecule has 1 aromatic rings. The molecule has 0 radical (unpaired) electrons. The molecular formula is C66H123N3O9S3. The fourth-order valence-electron chi connectivity index (χ4n) is 10.2. The average molecular weight is 1200 g/mol. The number of esters is 3. The maximum absolute atomic E-state index is 13.7. The van der Waals surface area contributed by atoms with Gasteiger partial charge in [0, 0.05) is 17.3 Å². The lowest BCUT2D eigenvalue weighted by molar-refractivity contribution is -0.144. The second kappa shape index (κ2) is 59.6. The molecule has 0 aromatic carbocycles. The molecular weight excluding hydrogens is 1070 g/mol. The van der Waals surface area contributed by atoms with Gasteiger partial charge in [-0.25, -0.2) is 28.1 Å². The van der Waals surface area contributed by atoms with Gasteiger partial charge in [-0.3, -0.25) is 14.4 Å². The molecule has 0 spiro atoms. The maximum Gasteiger partial charge on any atom is 0.336 e. The van der Waals surface area contributed by atoms with Gasteiger partial charge in [-0.1, -0.05) is 271 Å². The molecule has 0 fully saturated rings. The Labute approximate surface area is 507 Å². The average Bonchev–Trinajstić information content (AvgIpc) is 3.46. The van der Waals surface area contributed by atoms with Crippen LogP contribution in [0.4, 0.5) is 0 Å². The van der Waals surface area contributed by atoms with Crippen LogP contribution in [0.5, 0.6) is 0 Å². The van der Waals surface area contributed by atoms with Crippen LogP contribution < -0.4 is 17.1 Å². The minimum atomic E-state index is -0.881. The molecule has 0 aliphatic carbocycles. The van der Waals surface area contributed by atoms with Gasteiger partial charge in [0.15, 0.2) is 0 Å². The van der Waals surface area contributed by atoms with E-state index in [1.165, 1.54) is 250 Å². The van der Waals surface area contributed by atoms with E-state index in [0.29, 0.717) is 17.3 Å². The molecule has 0 aliphatic rings. The summed E-state index contributed by atoms with van der Waals surface area (Å²) in [6.07, 6.45) is 56.1. The summed E-state index contributed by atoms with van der Waals surface area (Å²) in [5, 5.41) is 0. The second-order valence-corrected chi connectivity index (χ2v) is 26.5. The first-order chi connectivity index (χ1) is 39.8. The Morgan fingerprint density at radius 3 is 0.630 bits per heavy atom. The monoisotopic (exact) mass is 1200 g/mol. The molecule has 0 unspecified atom stereocenters. The Kier molecular flexibility index (Phi) is 56.6. The van der Waals surface area contributed by atoms with Crippen LogP contribution in [0.15, 0.2) is 14.4 Å². The maximum atomic E-state index is 13.7. The van der Waals surface area contributed by atoms with Crippen molar-refractivity contribution in [3.05, 3.63) is 31.5 Å². The Hall–Kier alpha value is -2.13. The third kappa shape index (κ3) is 47.8. The van der Waals surface area contributed by atoms with Crippen molar-refractivity contribution in [1.29, 1.82) is 0 Å². The van der Waals surface area contributed by atoms with E-state index in [2.05, 4.69) is 20.8 Å². The molecule has 15 heteroatoms. The lowest BCUT2D eigenvalue weighted by Gasteiger charge is -2.14. The number of nitrogens with zero attached hydrogens (tertiary/aromatic N) is 3. The molecule has 0 atom stereocenters. The Morgan fingerprint density at radius 1 is 0.272 bits per heavy atom. The first-order valence-corrected chi connectivity index (χ1v) is 37.4. The Bertz CT molecular complexity index is 1560. The lowest BCUT2D eigenvalue weighted by atomic mass is 10.0. The molecule has 0 saturated heterocycles. The quantitative estimate of drug-likeness (QED) is 0.0348. The summed E-state index contributed by atoms with van der Waals surface area (Å²) < 4.78 is 18.9. The zero-order valence-corrected chi connectivity index (χ0v) is 55.0. The third-order valence-corrected chi connectivity index (χ3v) is 18.6. The smallest absolute Gasteiger partial charge is 0.336 e. The fourth-order valence-corrected chi connectivity index (χ4v) is 13.0. The van der Waals surface area contributed by atoms with Crippen LogP contribution in [0, 0.1) is 0 Å². The topological polar surface area (TPSA) is 145 Å². The summed E-state index contributed by atoms with van der Waals surface area (Å²) in [5.74, 6) is 3.60. The highest BCUT2D eigenvalue weighted by Gasteiger charge is 2.18. The Morgan fingerprint density at radius 2 is 0.444 bits per heavy atom. The number of hydrogen-bond acceptors (Lipinski definition) is 12. The van der Waals surface area contributed by atoms with Gasteiger partial charge in [-0.05, 0) is 36.5 Å². The van der Waals surface area contributed by atoms with E-state index >= 15 is 0 Å². The van der Waals surface area contributed by atoms with Crippen molar-refractivity contribution in [2.75, 3.05) is 54.3 Å². The zero-order chi connectivity index (χ0) is 58.7. The van der Waals surface area contributed by atoms with Gasteiger partial charge < -0.3 is 14.2 Å². The van der Waals surface area contributed by atoms with Crippen LogP contribution in [-0.2, 0) is 48.2 Å². The van der Waals surface area contributed by atoms with Crippen molar-refractivity contribution in [2.45, 2.75) is 329 Å². The highest BCUT2D eigenvalue weighted by Crippen LogP contribution is 2.18. The van der Waals surface area contributed by atoms with Crippen molar-refractivity contribution in [1.82, 2.24) is 13.7 Å². The van der Waals surface area contributed by atoms with Crippen molar-refractivity contribution in [2.24, 2.45) is 0 Å². The predicted molar refractivity (Wildman–Crippen MR) is 349 cm³/mol. The number of rotatable bonds is 63. The van der Waals surface area contributed by atoms with Crippen molar-refractivity contribution in [3.63, 3.8) is 0 Å². The molecule has 0 aliphatic heterocycles. The number of carbonyl (C=O) groups is 3. The van der Waals surface area contributed by atoms with E-state index in [9.17, 15) is 28.8 Å². The normalized spacial score (nSPS) is 11.4. The van der Waals surface area contributed by atoms with E-state index < -0.39 is 35.0 Å². The van der Waals surface area contributed by atoms with Crippen LogP contribution in [0.1, 0.15) is 310 Å². The minimum Gasteiger partial charge on any atom is -0.464 e. The number of ether oxygens (including phenoxy) is 3. The van der Waals surface area contributed by atoms with Crippen LogP contribution in [0.25, 0.3) is 0 Å². The van der Waals surface area contributed by atoms with E-state index in [1.807, 2.05) is 0 Å². The number of carbonyl (C=O) groups excluding carboxylic acids is 3. The van der Waals surface area contributed by atoms with Gasteiger partial charge in [0.25, 0.3) is 0 Å². The van der Waals surface area contributed by atoms with Crippen LogP contribution >= 0.6 is 35.3 Å². The number of hydrogen-bond donors (Lipinski definition) is 0. The summed E-state index contributed by atoms with van der Waals surface area (Å²) in [4.78, 5) is 79.0. The van der Waals surface area contributed by atoms with E-state index in [4.69, 9.17) is 14.2 Å². The molecule has 12 nitrogen and oxygen atoms in total. The van der Waals surface area contributed by atoms with Gasteiger partial charge in [0.2, 0.25) is 0 Å². The minimum absolute atomic E-state index is 0.217. The molecule has 1 rings (SSSR count). The van der Waals surface area contributed by atoms with Crippen LogP contribution in [0.3, 0.4) is 0 Å². The largest absolute Gasteiger partial charge is 0.464 e. The summed E-state index contributed by atoms with van der Waals surface area (Å²) in [7, 11) is 0. The SMILES string of the molecule is CCCCCCCCCCCCCCCCSCCC(=O)OCCn1c(=O)n(CCOC(=O)CCSCCCCCCCCCCCCCCCC)c(=O)n(CCOC(=O)CCSCCCCCCCCCCCCCCCC)c1=O. The van der Waals surface area contributed by atoms with Gasteiger partial charge in [-0.15, -0.1) is 0 Å². The molecule has 0 saturated carbocycles. The Balaban J connectivity index is 2.53. The lowest BCUT2D eigenvalue weighted by Crippen LogP contribution is -2.55. The predicted octanol–water partition coefficient (Wildman–Crippen LogP) is 17.6. The highest BCUT2D eigenvalue weighted by atomic mass is 32.2. The van der Waals surface area contributed by atoms with Crippen LogP contribution in [0.2, 0.25) is 0 Å². The number of aromatic nitrogens is 3. The van der Waals surface area contributed by atoms with Crippen molar-refractivity contribution >= 4 is 53.2 Å². The van der Waals surface area contributed by atoms with E-state index in [0.717, 1.165) is 50.2 Å². The standard InChI is InChI=1S/C66H123N3O9S3/c1-4-7-10-13-16-19-22-25-28-31-34-37-40-43-55-79-58-46-61(70)76-52-49-67-64(73)68(50-53-77-62(71)47-59-80-56-44-41-38-35-32-29-26-23-20-17-14-11-8-5-2)66(75)69(65(67)74)51-54-78-63(72)48-60-81-57-45-42-39-36-33-30-27-24-21-18-15-12-9-6-3/h4-60H2,1-3H3. The molecule has 81 heavy (non-hydrogen) atoms. The van der Waals surface area contributed by atoms with Crippen molar-refractivity contribution in [3.8, 4) is 0 Å². The summed E-state index contributed by atoms with van der Waals surface area (Å²) in [5.41, 5.74) is -2.64. The van der Waals surface area contributed by atoms with E-state index in [-0.39, 0.29) is 58.7 Å². The van der Waals surface area contributed by atoms with E-state index in [1.54, 1.807) is 35.3 Å². The molecule has 0 bridgehead atoms. The summed E-state index contributed by atoms with van der Waals surface area (Å²) in [6, 6.07) is 0. The van der Waals surface area contributed by atoms with Gasteiger partial charge >= 0.3 is 35.0 Å². The number of unbranched alkanes of at least 4 members (excludes halogenated alkanes) is 39. The van der Waals surface area contributed by atoms with Gasteiger partial charge in [-0.2, -0.15) is 35.3 Å². The van der Waals surface area contributed by atoms with Gasteiger partial charge in [0.1, 0.15) is 19.8 Å². The second-order valence-electron chi connectivity index (χ2n) is 22.8. The van der Waals surface area contributed by atoms with Crippen LogP contribution in [-0.4, -0.2) is 85.9 Å². The summed E-state index contributed by atoms with van der Waals surface area (Å²) >= 11 is 5.19. The first-order valence-electron chi connectivity index (χ1n) is 33.9. The fraction of sp³-hybridized carbons (Fsp3) is 0.909. The molecule has 474 valence electrons. The zero-order valence-electron chi connectivity index (χ0n) is 52.5. The van der Waals surface area contributed by atoms with Crippen molar-refractivity contribution < 1.29 is 28.6 Å².